The average Bonchev–Trinajstić information content (AvgIpc) is 2.64. The van der Waals surface area contributed by atoms with E-state index in [0.29, 0.717) is 0 Å². The van der Waals surface area contributed by atoms with Gasteiger partial charge in [-0.2, -0.15) is 0 Å². The fourth-order valence-electron chi connectivity index (χ4n) is 2.37. The minimum atomic E-state index is 0.126. The molecule has 0 spiro atoms. The van der Waals surface area contributed by atoms with Gasteiger partial charge < -0.3 is 9.80 Å². The van der Waals surface area contributed by atoms with Gasteiger partial charge in [0.05, 0.1) is 12.1 Å². The molecule has 0 amide bonds. The Kier molecular flexibility index (Phi) is 6.96. The third-order valence-electron chi connectivity index (χ3n) is 4.43. The van der Waals surface area contributed by atoms with Crippen LogP contribution < -0.4 is 9.80 Å². The fraction of sp³-hybridized carbons (Fsp3) is 0.364. The summed E-state index contributed by atoms with van der Waals surface area (Å²) in [7, 11) is 8.16. The van der Waals surface area contributed by atoms with Crippen molar-refractivity contribution in [1.82, 2.24) is 0 Å². The minimum absolute atomic E-state index is 0.126. The Bertz CT molecular complexity index is 662. The van der Waals surface area contributed by atoms with Gasteiger partial charge >= 0.3 is 0 Å². The van der Waals surface area contributed by atoms with Crippen LogP contribution in [0.1, 0.15) is 25.0 Å². The minimum Gasteiger partial charge on any atom is -0.378 e. The maximum Gasteiger partial charge on any atom is 0.0692 e. The highest BCUT2D eigenvalue weighted by molar-refractivity contribution is 5.81. The zero-order valence-corrected chi connectivity index (χ0v) is 16.7. The summed E-state index contributed by atoms with van der Waals surface area (Å²) in [5.74, 6) is 0. The Balaban J connectivity index is 1.94. The summed E-state index contributed by atoms with van der Waals surface area (Å²) >= 11 is 0. The molecule has 2 unspecified atom stereocenters. The van der Waals surface area contributed by atoms with E-state index in [1.54, 1.807) is 0 Å². The third-order valence-corrected chi connectivity index (χ3v) is 4.43. The lowest BCUT2D eigenvalue weighted by atomic mass is 10.1. The topological polar surface area (TPSA) is 31.2 Å². The molecule has 0 bridgehead atoms. The molecule has 2 aromatic carbocycles. The van der Waals surface area contributed by atoms with Crippen molar-refractivity contribution in [2.24, 2.45) is 9.98 Å². The standard InChI is InChI=1S/C22H30N4/c1-17(23-15-19-7-11-21(12-8-19)25(3)4)18(2)24-16-20-9-13-22(14-10-20)26(5)6/h7-18H,1-6H3. The van der Waals surface area contributed by atoms with Crippen molar-refractivity contribution in [2.75, 3.05) is 38.0 Å². The van der Waals surface area contributed by atoms with Crippen LogP contribution in [0.4, 0.5) is 11.4 Å². The summed E-state index contributed by atoms with van der Waals surface area (Å²) in [5.41, 5.74) is 4.60. The van der Waals surface area contributed by atoms with Gasteiger partial charge in [-0.1, -0.05) is 24.3 Å². The van der Waals surface area contributed by atoms with Crippen LogP contribution in [0.15, 0.2) is 58.5 Å². The molecule has 0 heterocycles. The summed E-state index contributed by atoms with van der Waals surface area (Å²) in [6.07, 6.45) is 3.87. The second-order valence-electron chi connectivity index (χ2n) is 7.01. The molecule has 0 saturated carbocycles. The Labute approximate surface area is 157 Å². The van der Waals surface area contributed by atoms with Crippen molar-refractivity contribution in [3.8, 4) is 0 Å². The van der Waals surface area contributed by atoms with Gasteiger partial charge in [-0.15, -0.1) is 0 Å². The van der Waals surface area contributed by atoms with E-state index < -0.39 is 0 Å². The maximum atomic E-state index is 4.66. The van der Waals surface area contributed by atoms with Crippen LogP contribution in [0.5, 0.6) is 0 Å². The van der Waals surface area contributed by atoms with Crippen LogP contribution in [0, 0.1) is 0 Å². The normalized spacial score (nSPS) is 13.9. The second kappa shape index (κ2) is 9.18. The zero-order chi connectivity index (χ0) is 19.1. The number of rotatable bonds is 7. The van der Waals surface area contributed by atoms with Crippen LogP contribution in [0.25, 0.3) is 0 Å². The molecule has 0 fully saturated rings. The molecule has 26 heavy (non-hydrogen) atoms. The van der Waals surface area contributed by atoms with Crippen molar-refractivity contribution in [3.63, 3.8) is 0 Å². The highest BCUT2D eigenvalue weighted by Gasteiger charge is 2.07. The molecule has 0 saturated heterocycles. The summed E-state index contributed by atoms with van der Waals surface area (Å²) in [5, 5.41) is 0. The summed E-state index contributed by atoms with van der Waals surface area (Å²) in [6.45, 7) is 4.20. The van der Waals surface area contributed by atoms with E-state index in [2.05, 4.69) is 82.2 Å². The van der Waals surface area contributed by atoms with E-state index in [4.69, 9.17) is 0 Å². The highest BCUT2D eigenvalue weighted by Crippen LogP contribution is 2.13. The Morgan fingerprint density at radius 2 is 0.923 bits per heavy atom. The van der Waals surface area contributed by atoms with Gasteiger partial charge in [0.2, 0.25) is 0 Å². The molecule has 4 nitrogen and oxygen atoms in total. The third kappa shape index (κ3) is 5.73. The molecule has 4 heteroatoms. The average molecular weight is 351 g/mol. The van der Waals surface area contributed by atoms with Gasteiger partial charge in [-0.05, 0) is 49.2 Å². The quantitative estimate of drug-likeness (QED) is 0.703. The molecule has 0 aliphatic rings. The second-order valence-corrected chi connectivity index (χ2v) is 7.01. The predicted octanol–water partition coefficient (Wildman–Crippen LogP) is 4.13. The van der Waals surface area contributed by atoms with Crippen molar-refractivity contribution < 1.29 is 0 Å². The first-order valence-electron chi connectivity index (χ1n) is 8.98. The van der Waals surface area contributed by atoms with Crippen LogP contribution >= 0.6 is 0 Å². The molecule has 138 valence electrons. The Morgan fingerprint density at radius 3 is 1.19 bits per heavy atom. The number of aliphatic imine (C=N–C) groups is 2. The van der Waals surface area contributed by atoms with E-state index in [1.807, 2.05) is 40.6 Å². The van der Waals surface area contributed by atoms with Gasteiger partial charge in [-0.25, -0.2) is 0 Å². The van der Waals surface area contributed by atoms with Crippen LogP contribution in [0.2, 0.25) is 0 Å². The van der Waals surface area contributed by atoms with Gasteiger partial charge in [0, 0.05) is 52.0 Å². The van der Waals surface area contributed by atoms with Gasteiger partial charge in [0.1, 0.15) is 0 Å². The lowest BCUT2D eigenvalue weighted by Crippen LogP contribution is -2.16. The lowest BCUT2D eigenvalue weighted by molar-refractivity contribution is 0.612. The first-order valence-corrected chi connectivity index (χ1v) is 8.98. The smallest absolute Gasteiger partial charge is 0.0692 e. The molecular weight excluding hydrogens is 320 g/mol. The van der Waals surface area contributed by atoms with Crippen LogP contribution in [-0.2, 0) is 0 Å². The first kappa shape index (κ1) is 19.7. The van der Waals surface area contributed by atoms with Crippen molar-refractivity contribution in [2.45, 2.75) is 25.9 Å². The van der Waals surface area contributed by atoms with Gasteiger partial charge in [0.25, 0.3) is 0 Å². The van der Waals surface area contributed by atoms with E-state index in [-0.39, 0.29) is 12.1 Å². The summed E-state index contributed by atoms with van der Waals surface area (Å²) in [6, 6.07) is 17.0. The summed E-state index contributed by atoms with van der Waals surface area (Å²) in [4.78, 5) is 13.5. The molecule has 0 aromatic heterocycles. The monoisotopic (exact) mass is 350 g/mol. The molecule has 0 N–H and O–H groups in total. The number of anilines is 2. The van der Waals surface area contributed by atoms with E-state index >= 15 is 0 Å². The predicted molar refractivity (Wildman–Crippen MR) is 116 cm³/mol. The molecule has 0 radical (unpaired) electrons. The first-order chi connectivity index (χ1) is 12.4. The van der Waals surface area contributed by atoms with E-state index in [1.165, 1.54) is 11.4 Å². The van der Waals surface area contributed by atoms with Crippen molar-refractivity contribution in [1.29, 1.82) is 0 Å². The molecular formula is C22H30N4. The number of hydrogen-bond donors (Lipinski definition) is 0. The Morgan fingerprint density at radius 1 is 0.615 bits per heavy atom. The van der Waals surface area contributed by atoms with Gasteiger partial charge in [-0.3, -0.25) is 9.98 Å². The Hall–Kier alpha value is -2.62. The molecule has 2 rings (SSSR count). The fourth-order valence-corrected chi connectivity index (χ4v) is 2.37. The highest BCUT2D eigenvalue weighted by atomic mass is 15.1. The van der Waals surface area contributed by atoms with E-state index in [9.17, 15) is 0 Å². The maximum absolute atomic E-state index is 4.66. The molecule has 0 aliphatic carbocycles. The lowest BCUT2D eigenvalue weighted by Gasteiger charge is -2.13. The SMILES string of the molecule is CC(N=Cc1ccc(N(C)C)cc1)C(C)N=Cc1ccc(N(C)C)cc1. The van der Waals surface area contributed by atoms with Crippen LogP contribution in [0.3, 0.4) is 0 Å². The largest absolute Gasteiger partial charge is 0.378 e. The number of hydrogen-bond acceptors (Lipinski definition) is 4. The van der Waals surface area contributed by atoms with E-state index in [0.717, 1.165) is 11.1 Å². The van der Waals surface area contributed by atoms with Crippen LogP contribution in [-0.4, -0.2) is 52.7 Å². The number of benzene rings is 2. The summed E-state index contributed by atoms with van der Waals surface area (Å²) < 4.78 is 0. The van der Waals surface area contributed by atoms with Crippen molar-refractivity contribution in [3.05, 3.63) is 59.7 Å². The molecule has 0 aliphatic heterocycles. The molecule has 2 atom stereocenters. The molecule has 2 aromatic rings. The van der Waals surface area contributed by atoms with Gasteiger partial charge in [0.15, 0.2) is 0 Å². The van der Waals surface area contributed by atoms with Crippen molar-refractivity contribution >= 4 is 23.8 Å². The number of nitrogens with zero attached hydrogens (tertiary/aromatic N) is 4. The zero-order valence-electron chi connectivity index (χ0n) is 16.7.